The molecule has 0 radical (unpaired) electrons. The Labute approximate surface area is 93.5 Å². The first-order valence-corrected chi connectivity index (χ1v) is 5.05. The maximum atomic E-state index is 5.36. The van der Waals surface area contributed by atoms with Crippen LogP contribution in [0.2, 0.25) is 0 Å². The molecule has 7 heteroatoms. The van der Waals surface area contributed by atoms with Gasteiger partial charge in [0.15, 0.2) is 11.6 Å². The lowest BCUT2D eigenvalue weighted by molar-refractivity contribution is 0.122. The van der Waals surface area contributed by atoms with Crippen molar-refractivity contribution in [2.75, 3.05) is 43.7 Å². The largest absolute Gasteiger partial charge is 0.490 e. The number of nitrogen functional groups attached to an aromatic ring is 1. The van der Waals surface area contributed by atoms with Crippen LogP contribution in [0.5, 0.6) is 5.75 Å². The molecule has 0 saturated carbocycles. The Morgan fingerprint density at radius 3 is 2.81 bits per heavy atom. The number of aromatic nitrogens is 2. The van der Waals surface area contributed by atoms with Crippen LogP contribution in [-0.2, 0) is 4.74 Å². The first-order valence-electron chi connectivity index (χ1n) is 5.05. The van der Waals surface area contributed by atoms with Gasteiger partial charge in [0.05, 0.1) is 20.3 Å². The van der Waals surface area contributed by atoms with Gasteiger partial charge in [-0.15, -0.1) is 0 Å². The summed E-state index contributed by atoms with van der Waals surface area (Å²) >= 11 is 0. The van der Waals surface area contributed by atoms with Gasteiger partial charge in [0.25, 0.3) is 0 Å². The number of nitrogens with one attached hydrogen (secondary N) is 1. The third-order valence-corrected chi connectivity index (χ3v) is 2.44. The van der Waals surface area contributed by atoms with Crippen LogP contribution in [0.4, 0.5) is 11.6 Å². The van der Waals surface area contributed by atoms with Crippen LogP contribution in [0, 0.1) is 0 Å². The molecule has 0 unspecified atom stereocenters. The van der Waals surface area contributed by atoms with Crippen LogP contribution in [0.1, 0.15) is 0 Å². The number of methoxy groups -OCH3 is 1. The van der Waals surface area contributed by atoms with Gasteiger partial charge in [0.1, 0.15) is 6.33 Å². The number of nitrogens with two attached hydrogens (primary N) is 1. The molecule has 88 valence electrons. The van der Waals surface area contributed by atoms with E-state index in [1.165, 1.54) is 6.33 Å². The SMILES string of the molecule is COc1c(NN)ncnc1N1CCOCC1. The van der Waals surface area contributed by atoms with Gasteiger partial charge < -0.3 is 19.8 Å². The maximum Gasteiger partial charge on any atom is 0.205 e. The van der Waals surface area contributed by atoms with Gasteiger partial charge in [0, 0.05) is 13.1 Å². The summed E-state index contributed by atoms with van der Waals surface area (Å²) in [6.45, 7) is 2.96. The van der Waals surface area contributed by atoms with Crippen molar-refractivity contribution in [2.24, 2.45) is 5.84 Å². The van der Waals surface area contributed by atoms with E-state index in [1.54, 1.807) is 7.11 Å². The quantitative estimate of drug-likeness (QED) is 0.535. The minimum absolute atomic E-state index is 0.485. The first kappa shape index (κ1) is 10.9. The van der Waals surface area contributed by atoms with E-state index in [0.717, 1.165) is 18.9 Å². The Kier molecular flexibility index (Phi) is 3.37. The van der Waals surface area contributed by atoms with E-state index in [4.69, 9.17) is 15.3 Å². The lowest BCUT2D eigenvalue weighted by atomic mass is 10.3. The van der Waals surface area contributed by atoms with Gasteiger partial charge in [-0.25, -0.2) is 15.8 Å². The number of nitrogens with zero attached hydrogens (tertiary/aromatic N) is 3. The average molecular weight is 225 g/mol. The van der Waals surface area contributed by atoms with Crippen molar-refractivity contribution >= 4 is 11.6 Å². The molecule has 2 heterocycles. The third kappa shape index (κ3) is 2.00. The zero-order valence-corrected chi connectivity index (χ0v) is 9.14. The van der Waals surface area contributed by atoms with Crippen molar-refractivity contribution in [3.63, 3.8) is 0 Å². The predicted octanol–water partition coefficient (Wildman–Crippen LogP) is -0.393. The fourth-order valence-electron chi connectivity index (χ4n) is 1.66. The molecule has 16 heavy (non-hydrogen) atoms. The number of morpholine rings is 1. The average Bonchev–Trinajstić information content (AvgIpc) is 2.38. The Hall–Kier alpha value is -1.60. The topological polar surface area (TPSA) is 85.5 Å². The molecule has 1 aliphatic rings. The van der Waals surface area contributed by atoms with E-state index in [9.17, 15) is 0 Å². The maximum absolute atomic E-state index is 5.36. The minimum atomic E-state index is 0.485. The second-order valence-corrected chi connectivity index (χ2v) is 3.32. The molecule has 1 aliphatic heterocycles. The van der Waals surface area contributed by atoms with Crippen molar-refractivity contribution in [3.05, 3.63) is 6.33 Å². The van der Waals surface area contributed by atoms with E-state index in [1.807, 2.05) is 0 Å². The van der Waals surface area contributed by atoms with Crippen molar-refractivity contribution < 1.29 is 9.47 Å². The zero-order valence-electron chi connectivity index (χ0n) is 9.14. The Bertz CT molecular complexity index is 354. The summed E-state index contributed by atoms with van der Waals surface area (Å²) in [5, 5.41) is 0. The molecule has 0 bridgehead atoms. The molecule has 7 nitrogen and oxygen atoms in total. The Morgan fingerprint density at radius 2 is 2.19 bits per heavy atom. The fraction of sp³-hybridized carbons (Fsp3) is 0.556. The minimum Gasteiger partial charge on any atom is -0.490 e. The van der Waals surface area contributed by atoms with E-state index in [2.05, 4.69) is 20.3 Å². The molecule has 1 aromatic heterocycles. The van der Waals surface area contributed by atoms with Gasteiger partial charge in [0.2, 0.25) is 5.75 Å². The van der Waals surface area contributed by atoms with Gasteiger partial charge in [-0.05, 0) is 0 Å². The van der Waals surface area contributed by atoms with Crippen LogP contribution in [-0.4, -0.2) is 43.4 Å². The molecule has 0 spiro atoms. The zero-order chi connectivity index (χ0) is 11.4. The van der Waals surface area contributed by atoms with Crippen LogP contribution in [0.25, 0.3) is 0 Å². The lowest BCUT2D eigenvalue weighted by Crippen LogP contribution is -2.37. The predicted molar refractivity (Wildman–Crippen MR) is 59.4 cm³/mol. The Morgan fingerprint density at radius 1 is 1.44 bits per heavy atom. The summed E-state index contributed by atoms with van der Waals surface area (Å²) in [7, 11) is 1.57. The summed E-state index contributed by atoms with van der Waals surface area (Å²) in [5.74, 6) is 7.15. The van der Waals surface area contributed by atoms with Crippen molar-refractivity contribution in [1.29, 1.82) is 0 Å². The first-order chi connectivity index (χ1) is 7.86. The van der Waals surface area contributed by atoms with Crippen LogP contribution in [0.15, 0.2) is 6.33 Å². The summed E-state index contributed by atoms with van der Waals surface area (Å²) < 4.78 is 10.6. The van der Waals surface area contributed by atoms with E-state index in [-0.39, 0.29) is 0 Å². The Balaban J connectivity index is 2.30. The summed E-state index contributed by atoms with van der Waals surface area (Å²) in [6, 6.07) is 0. The molecule has 0 aliphatic carbocycles. The van der Waals surface area contributed by atoms with Crippen LogP contribution in [0.3, 0.4) is 0 Å². The highest BCUT2D eigenvalue weighted by molar-refractivity contribution is 5.64. The third-order valence-electron chi connectivity index (χ3n) is 2.44. The molecular formula is C9H15N5O2. The van der Waals surface area contributed by atoms with Crippen LogP contribution < -0.4 is 20.9 Å². The molecule has 0 amide bonds. The van der Waals surface area contributed by atoms with Crippen molar-refractivity contribution in [3.8, 4) is 5.75 Å². The molecule has 0 atom stereocenters. The van der Waals surface area contributed by atoms with Gasteiger partial charge in [-0.1, -0.05) is 0 Å². The number of ether oxygens (including phenoxy) is 2. The molecule has 1 fully saturated rings. The van der Waals surface area contributed by atoms with E-state index >= 15 is 0 Å². The summed E-state index contributed by atoms with van der Waals surface area (Å²) in [6.07, 6.45) is 1.46. The second kappa shape index (κ2) is 4.95. The summed E-state index contributed by atoms with van der Waals surface area (Å²) in [4.78, 5) is 10.3. The normalized spacial score (nSPS) is 16.0. The number of hydrogen-bond acceptors (Lipinski definition) is 7. The van der Waals surface area contributed by atoms with Crippen molar-refractivity contribution in [1.82, 2.24) is 9.97 Å². The molecule has 1 saturated heterocycles. The fourth-order valence-corrected chi connectivity index (χ4v) is 1.66. The molecule has 3 N–H and O–H groups in total. The van der Waals surface area contributed by atoms with Crippen LogP contribution >= 0.6 is 0 Å². The van der Waals surface area contributed by atoms with E-state index < -0.39 is 0 Å². The standard InChI is InChI=1S/C9H15N5O2/c1-15-7-8(13-10)11-6-12-9(7)14-2-4-16-5-3-14/h6H,2-5,10H2,1H3,(H,11,12,13). The highest BCUT2D eigenvalue weighted by atomic mass is 16.5. The molecule has 0 aromatic carbocycles. The lowest BCUT2D eigenvalue weighted by Gasteiger charge is -2.29. The smallest absolute Gasteiger partial charge is 0.205 e. The van der Waals surface area contributed by atoms with Crippen molar-refractivity contribution in [2.45, 2.75) is 0 Å². The van der Waals surface area contributed by atoms with Gasteiger partial charge in [-0.3, -0.25) is 0 Å². The molecular weight excluding hydrogens is 210 g/mol. The number of hydrogen-bond donors (Lipinski definition) is 2. The number of hydrazine groups is 1. The van der Waals surface area contributed by atoms with Gasteiger partial charge >= 0.3 is 0 Å². The van der Waals surface area contributed by atoms with Gasteiger partial charge in [-0.2, -0.15) is 0 Å². The summed E-state index contributed by atoms with van der Waals surface area (Å²) in [5.41, 5.74) is 2.49. The van der Waals surface area contributed by atoms with E-state index in [0.29, 0.717) is 24.8 Å². The second-order valence-electron chi connectivity index (χ2n) is 3.32. The molecule has 2 rings (SSSR count). The number of rotatable bonds is 3. The molecule has 1 aromatic rings. The number of anilines is 2. The monoisotopic (exact) mass is 225 g/mol. The highest BCUT2D eigenvalue weighted by Crippen LogP contribution is 2.31. The highest BCUT2D eigenvalue weighted by Gasteiger charge is 2.19.